The molecule has 0 aliphatic carbocycles. The normalized spacial score (nSPS) is 14.0. The predicted octanol–water partition coefficient (Wildman–Crippen LogP) is 5.34. The Morgan fingerprint density at radius 3 is 2.11 bits per heavy atom. The second-order valence-electron chi connectivity index (χ2n) is 14.2. The Hall–Kier alpha value is -6.05. The Morgan fingerprint density at radius 2 is 1.48 bits per heavy atom. The van der Waals surface area contributed by atoms with Gasteiger partial charge in [-0.2, -0.15) is 0 Å². The van der Waals surface area contributed by atoms with Gasteiger partial charge in [0, 0.05) is 50.7 Å². The molecule has 1 aliphatic rings. The summed E-state index contributed by atoms with van der Waals surface area (Å²) in [6, 6.07) is 18.1. The van der Waals surface area contributed by atoms with E-state index in [1.54, 1.807) is 53.6 Å². The Balaban J connectivity index is 1.07. The zero-order valence-electron chi connectivity index (χ0n) is 32.0. The SMILES string of the molecule is CCn1cc(C(=O)O)c(=O)c2cc(F)c(N3CCN(C(=O)OCc4ccc(CC(=O)[C@H](C)NC(=O)[C@@H](CC(=O)OCc5ccccc5)C(C)C)cc4)CC3)cc21. The van der Waals surface area contributed by atoms with Crippen molar-refractivity contribution in [2.45, 2.75) is 66.3 Å². The van der Waals surface area contributed by atoms with Crippen LogP contribution in [-0.4, -0.2) is 76.5 Å². The summed E-state index contributed by atoms with van der Waals surface area (Å²) >= 11 is 0. The lowest BCUT2D eigenvalue weighted by Crippen LogP contribution is -2.49. The van der Waals surface area contributed by atoms with E-state index in [1.807, 2.05) is 44.2 Å². The monoisotopic (exact) mass is 770 g/mol. The van der Waals surface area contributed by atoms with Gasteiger partial charge in [0.25, 0.3) is 0 Å². The highest BCUT2D eigenvalue weighted by atomic mass is 19.1. The van der Waals surface area contributed by atoms with Crippen molar-refractivity contribution in [1.29, 1.82) is 0 Å². The number of aryl methyl sites for hydroxylation is 1. The van der Waals surface area contributed by atoms with E-state index >= 15 is 4.39 Å². The van der Waals surface area contributed by atoms with Crippen LogP contribution in [-0.2, 0) is 50.0 Å². The van der Waals surface area contributed by atoms with Gasteiger partial charge in [-0.25, -0.2) is 14.0 Å². The fraction of sp³-hybridized carbons (Fsp3) is 0.381. The number of carbonyl (C=O) groups is 5. The summed E-state index contributed by atoms with van der Waals surface area (Å²) in [6.07, 6.45) is 0.695. The molecule has 1 aromatic heterocycles. The van der Waals surface area contributed by atoms with Crippen molar-refractivity contribution in [3.8, 4) is 0 Å². The standard InChI is InChI=1S/C42H47FN4O9/c1-5-45-23-33(41(52)53)39(50)32-20-34(43)36(22-35(32)45)46-15-17-47(18-16-46)42(54)56-25-30-13-11-28(12-14-30)19-37(48)27(4)44-40(51)31(26(2)3)21-38(49)55-24-29-9-7-6-8-10-29/h6-14,20,22-23,26-27,31H,5,15-19,21,24-25H2,1-4H3,(H,44,51)(H,52,53)/t27-,31-/m0/s1. The number of esters is 1. The molecule has 4 aromatic rings. The number of piperazine rings is 1. The number of halogens is 1. The molecule has 0 bridgehead atoms. The maximum atomic E-state index is 15.3. The fourth-order valence-corrected chi connectivity index (χ4v) is 6.54. The van der Waals surface area contributed by atoms with Gasteiger partial charge in [0.05, 0.1) is 29.6 Å². The molecule has 13 nitrogen and oxygen atoms in total. The first-order valence-corrected chi connectivity index (χ1v) is 18.6. The van der Waals surface area contributed by atoms with E-state index in [4.69, 9.17) is 9.47 Å². The number of pyridine rings is 1. The van der Waals surface area contributed by atoms with Gasteiger partial charge < -0.3 is 34.3 Å². The highest BCUT2D eigenvalue weighted by molar-refractivity contribution is 5.94. The van der Waals surface area contributed by atoms with Gasteiger partial charge in [-0.15, -0.1) is 0 Å². The van der Waals surface area contributed by atoms with Crippen LogP contribution in [0.3, 0.4) is 0 Å². The molecule has 1 saturated heterocycles. The average Bonchev–Trinajstić information content (AvgIpc) is 3.19. The van der Waals surface area contributed by atoms with E-state index in [0.717, 1.165) is 11.6 Å². The molecule has 2 heterocycles. The summed E-state index contributed by atoms with van der Waals surface area (Å²) in [5.41, 5.74) is 1.77. The third-order valence-corrected chi connectivity index (χ3v) is 9.97. The molecule has 2 atom stereocenters. The van der Waals surface area contributed by atoms with Gasteiger partial charge in [0.1, 0.15) is 24.6 Å². The smallest absolute Gasteiger partial charge is 0.410 e. The molecule has 0 saturated carbocycles. The summed E-state index contributed by atoms with van der Waals surface area (Å²) in [5, 5.41) is 12.2. The molecule has 296 valence electrons. The lowest BCUT2D eigenvalue weighted by Gasteiger charge is -2.35. The summed E-state index contributed by atoms with van der Waals surface area (Å²) in [4.78, 5) is 79.1. The van der Waals surface area contributed by atoms with Crippen LogP contribution >= 0.6 is 0 Å². The summed E-state index contributed by atoms with van der Waals surface area (Å²) in [6.45, 7) is 8.72. The minimum atomic E-state index is -1.38. The number of Topliss-reactive ketones (excluding diaryl/α,β-unsaturated/α-hetero) is 1. The van der Waals surface area contributed by atoms with Gasteiger partial charge in [-0.1, -0.05) is 68.4 Å². The van der Waals surface area contributed by atoms with E-state index in [-0.39, 0.29) is 61.9 Å². The maximum Gasteiger partial charge on any atom is 0.410 e. The largest absolute Gasteiger partial charge is 0.477 e. The molecule has 56 heavy (non-hydrogen) atoms. The first-order valence-electron chi connectivity index (χ1n) is 18.6. The minimum absolute atomic E-state index is 0.00368. The molecule has 0 spiro atoms. The van der Waals surface area contributed by atoms with E-state index < -0.39 is 52.7 Å². The van der Waals surface area contributed by atoms with Crippen LogP contribution in [0, 0.1) is 17.7 Å². The second-order valence-corrected chi connectivity index (χ2v) is 14.2. The number of carbonyl (C=O) groups excluding carboxylic acids is 4. The van der Waals surface area contributed by atoms with Crippen molar-refractivity contribution >= 4 is 46.3 Å². The third kappa shape index (κ3) is 10.2. The number of fused-ring (bicyclic) bond motifs is 1. The van der Waals surface area contributed by atoms with Crippen molar-refractivity contribution in [2.24, 2.45) is 11.8 Å². The number of rotatable bonds is 15. The molecule has 2 N–H and O–H groups in total. The van der Waals surface area contributed by atoms with Crippen LogP contribution in [0.1, 0.15) is 61.2 Å². The Bertz CT molecular complexity index is 2130. The van der Waals surface area contributed by atoms with Crippen LogP contribution in [0.2, 0.25) is 0 Å². The van der Waals surface area contributed by atoms with E-state index in [1.165, 1.54) is 11.1 Å². The van der Waals surface area contributed by atoms with E-state index in [0.29, 0.717) is 36.3 Å². The maximum absolute atomic E-state index is 15.3. The molecule has 2 amide bonds. The molecule has 0 radical (unpaired) electrons. The molecular formula is C42H47FN4O9. The molecule has 5 rings (SSSR count). The highest BCUT2D eigenvalue weighted by Crippen LogP contribution is 2.27. The molecule has 0 unspecified atom stereocenters. The first kappa shape index (κ1) is 41.1. The predicted molar refractivity (Wildman–Crippen MR) is 207 cm³/mol. The molecule has 14 heteroatoms. The topological polar surface area (TPSA) is 165 Å². The molecule has 1 aliphatic heterocycles. The van der Waals surface area contributed by atoms with Crippen LogP contribution in [0.15, 0.2) is 77.7 Å². The minimum Gasteiger partial charge on any atom is -0.477 e. The number of carboxylic acid groups (broad SMARTS) is 1. The van der Waals surface area contributed by atoms with E-state index in [9.17, 15) is 33.9 Å². The van der Waals surface area contributed by atoms with Crippen molar-refractivity contribution in [3.63, 3.8) is 0 Å². The number of nitrogens with one attached hydrogen (secondary N) is 1. The molecule has 1 fully saturated rings. The van der Waals surface area contributed by atoms with Crippen molar-refractivity contribution < 1.29 is 42.9 Å². The first-order chi connectivity index (χ1) is 26.7. The number of aromatic nitrogens is 1. The number of benzene rings is 3. The van der Waals surface area contributed by atoms with Crippen LogP contribution in [0.4, 0.5) is 14.9 Å². The van der Waals surface area contributed by atoms with Crippen LogP contribution < -0.4 is 15.6 Å². The number of hydrogen-bond acceptors (Lipinski definition) is 9. The summed E-state index contributed by atoms with van der Waals surface area (Å²) in [7, 11) is 0. The van der Waals surface area contributed by atoms with Crippen LogP contribution in [0.25, 0.3) is 10.9 Å². The summed E-state index contributed by atoms with van der Waals surface area (Å²) in [5.74, 6) is -3.94. The quantitative estimate of drug-likeness (QED) is 0.151. The zero-order chi connectivity index (χ0) is 40.5. The Labute approximate surface area is 324 Å². The number of ketones is 1. The number of nitrogens with zero attached hydrogens (tertiary/aromatic N) is 3. The number of anilines is 1. The van der Waals surface area contributed by atoms with Gasteiger partial charge in [-0.05, 0) is 48.6 Å². The number of amides is 2. The van der Waals surface area contributed by atoms with Gasteiger partial charge in [0.15, 0.2) is 5.78 Å². The molecular weight excluding hydrogens is 723 g/mol. The Morgan fingerprint density at radius 1 is 0.857 bits per heavy atom. The Kier molecular flexibility index (Phi) is 13.6. The summed E-state index contributed by atoms with van der Waals surface area (Å²) < 4.78 is 27.8. The van der Waals surface area contributed by atoms with Crippen molar-refractivity contribution in [1.82, 2.24) is 14.8 Å². The third-order valence-electron chi connectivity index (χ3n) is 9.97. The second kappa shape index (κ2) is 18.5. The van der Waals surface area contributed by atoms with Crippen molar-refractivity contribution in [2.75, 3.05) is 31.1 Å². The fourth-order valence-electron chi connectivity index (χ4n) is 6.54. The van der Waals surface area contributed by atoms with Crippen molar-refractivity contribution in [3.05, 3.63) is 111 Å². The highest BCUT2D eigenvalue weighted by Gasteiger charge is 2.29. The number of ether oxygens (including phenoxy) is 2. The lowest BCUT2D eigenvalue weighted by molar-refractivity contribution is -0.149. The van der Waals surface area contributed by atoms with Gasteiger partial charge >= 0.3 is 18.0 Å². The van der Waals surface area contributed by atoms with Gasteiger partial charge in [-0.3, -0.25) is 19.2 Å². The average molecular weight is 771 g/mol. The van der Waals surface area contributed by atoms with Gasteiger partial charge in [0.2, 0.25) is 11.3 Å². The number of carboxylic acids is 1. The lowest BCUT2D eigenvalue weighted by atomic mass is 9.91. The zero-order valence-corrected chi connectivity index (χ0v) is 32.0. The number of hydrogen-bond donors (Lipinski definition) is 2. The van der Waals surface area contributed by atoms with Crippen LogP contribution in [0.5, 0.6) is 0 Å². The molecule has 3 aromatic carbocycles. The number of aromatic carboxylic acids is 1. The van der Waals surface area contributed by atoms with E-state index in [2.05, 4.69) is 5.32 Å².